The van der Waals surface area contributed by atoms with Crippen LogP contribution in [0.2, 0.25) is 0 Å². The fourth-order valence-electron chi connectivity index (χ4n) is 6.04. The molecule has 0 N–H and O–H groups in total. The van der Waals surface area contributed by atoms with Gasteiger partial charge in [-0.25, -0.2) is 0 Å². The molecule has 0 aliphatic heterocycles. The SMILES string of the molecule is C=CCC1(c2cc(C3(CC=C)CC=CC3)cc(C3(CC=C)CC=CC3)c2)CC=CC1. The van der Waals surface area contributed by atoms with Crippen LogP contribution in [-0.2, 0) is 16.2 Å². The van der Waals surface area contributed by atoms with E-state index in [0.717, 1.165) is 57.8 Å². The Morgan fingerprint density at radius 3 is 0.933 bits per heavy atom. The average molecular weight is 397 g/mol. The van der Waals surface area contributed by atoms with Crippen molar-refractivity contribution in [2.75, 3.05) is 0 Å². The van der Waals surface area contributed by atoms with Gasteiger partial charge in [0.1, 0.15) is 0 Å². The Labute approximate surface area is 183 Å². The van der Waals surface area contributed by atoms with E-state index in [2.05, 4.69) is 92.6 Å². The zero-order valence-electron chi connectivity index (χ0n) is 18.4. The van der Waals surface area contributed by atoms with Gasteiger partial charge in [0.15, 0.2) is 0 Å². The first kappa shape index (κ1) is 20.9. The molecule has 1 aromatic rings. The number of benzene rings is 1. The summed E-state index contributed by atoms with van der Waals surface area (Å²) >= 11 is 0. The van der Waals surface area contributed by atoms with Crippen molar-refractivity contribution in [2.45, 2.75) is 74.0 Å². The number of hydrogen-bond donors (Lipinski definition) is 0. The van der Waals surface area contributed by atoms with Gasteiger partial charge in [-0.1, -0.05) is 72.9 Å². The van der Waals surface area contributed by atoms with E-state index in [1.807, 2.05) is 0 Å². The highest BCUT2D eigenvalue weighted by Gasteiger charge is 2.39. The van der Waals surface area contributed by atoms with E-state index in [4.69, 9.17) is 0 Å². The van der Waals surface area contributed by atoms with E-state index >= 15 is 0 Å². The maximum atomic E-state index is 4.11. The van der Waals surface area contributed by atoms with Gasteiger partial charge in [0.05, 0.1) is 0 Å². The van der Waals surface area contributed by atoms with E-state index in [-0.39, 0.29) is 16.2 Å². The summed E-state index contributed by atoms with van der Waals surface area (Å²) in [5, 5.41) is 0. The molecule has 3 aliphatic rings. The van der Waals surface area contributed by atoms with Crippen LogP contribution >= 0.6 is 0 Å². The molecule has 0 spiro atoms. The minimum Gasteiger partial charge on any atom is -0.103 e. The normalized spacial score (nSPS) is 22.4. The predicted molar refractivity (Wildman–Crippen MR) is 131 cm³/mol. The van der Waals surface area contributed by atoms with Gasteiger partial charge in [-0.15, -0.1) is 19.7 Å². The lowest BCUT2D eigenvalue weighted by atomic mass is 9.66. The second-order valence-corrected chi connectivity index (χ2v) is 9.76. The summed E-state index contributed by atoms with van der Waals surface area (Å²) in [7, 11) is 0. The molecule has 0 aromatic heterocycles. The third kappa shape index (κ3) is 3.51. The Bertz CT molecular complexity index is 749. The molecule has 0 bridgehead atoms. The molecule has 3 aliphatic carbocycles. The van der Waals surface area contributed by atoms with Crippen LogP contribution in [0.3, 0.4) is 0 Å². The molecule has 4 rings (SSSR count). The molecule has 0 saturated carbocycles. The summed E-state index contributed by atoms with van der Waals surface area (Å²) < 4.78 is 0. The largest absolute Gasteiger partial charge is 0.103 e. The molecule has 156 valence electrons. The van der Waals surface area contributed by atoms with Gasteiger partial charge < -0.3 is 0 Å². The van der Waals surface area contributed by atoms with E-state index in [9.17, 15) is 0 Å². The number of rotatable bonds is 9. The van der Waals surface area contributed by atoms with Crippen molar-refractivity contribution in [3.63, 3.8) is 0 Å². The second-order valence-electron chi connectivity index (χ2n) is 9.76. The molecule has 0 saturated heterocycles. The monoisotopic (exact) mass is 396 g/mol. The van der Waals surface area contributed by atoms with Crippen LogP contribution in [0, 0.1) is 0 Å². The summed E-state index contributed by atoms with van der Waals surface area (Å²) in [5.74, 6) is 0. The Balaban J connectivity index is 1.89. The first-order valence-electron chi connectivity index (χ1n) is 11.6. The molecule has 0 fully saturated rings. The molecule has 0 heterocycles. The lowest BCUT2D eigenvalue weighted by molar-refractivity contribution is 0.432. The van der Waals surface area contributed by atoms with Crippen molar-refractivity contribution in [1.29, 1.82) is 0 Å². The molecule has 0 atom stereocenters. The first-order chi connectivity index (χ1) is 14.6. The van der Waals surface area contributed by atoms with Crippen LogP contribution in [0.25, 0.3) is 0 Å². The third-order valence-corrected chi connectivity index (χ3v) is 7.93. The Morgan fingerprint density at radius 2 is 0.733 bits per heavy atom. The highest BCUT2D eigenvalue weighted by Crippen LogP contribution is 2.49. The van der Waals surface area contributed by atoms with Gasteiger partial charge in [-0.2, -0.15) is 0 Å². The van der Waals surface area contributed by atoms with Gasteiger partial charge in [0.2, 0.25) is 0 Å². The quantitative estimate of drug-likeness (QED) is 0.369. The van der Waals surface area contributed by atoms with Crippen LogP contribution in [-0.4, -0.2) is 0 Å². The van der Waals surface area contributed by atoms with Gasteiger partial charge in [0.25, 0.3) is 0 Å². The Morgan fingerprint density at radius 1 is 0.500 bits per heavy atom. The van der Waals surface area contributed by atoms with Crippen molar-refractivity contribution >= 4 is 0 Å². The third-order valence-electron chi connectivity index (χ3n) is 7.93. The van der Waals surface area contributed by atoms with Crippen LogP contribution in [0.5, 0.6) is 0 Å². The molecular weight excluding hydrogens is 360 g/mol. The predicted octanol–water partition coefficient (Wildman–Crippen LogP) is 8.18. The Hall–Kier alpha value is -2.34. The van der Waals surface area contributed by atoms with Gasteiger partial charge in [-0.05, 0) is 74.5 Å². The lowest BCUT2D eigenvalue weighted by Crippen LogP contribution is -2.29. The van der Waals surface area contributed by atoms with Crippen LogP contribution in [0.1, 0.15) is 74.5 Å². The summed E-state index contributed by atoms with van der Waals surface area (Å²) in [6.45, 7) is 12.3. The van der Waals surface area contributed by atoms with Crippen LogP contribution in [0.15, 0.2) is 92.6 Å². The Kier molecular flexibility index (Phi) is 5.87. The van der Waals surface area contributed by atoms with E-state index in [1.165, 1.54) is 16.7 Å². The maximum Gasteiger partial charge on any atom is 0.00564 e. The van der Waals surface area contributed by atoms with E-state index < -0.39 is 0 Å². The molecule has 0 nitrogen and oxygen atoms in total. The van der Waals surface area contributed by atoms with E-state index in [1.54, 1.807) is 0 Å². The van der Waals surface area contributed by atoms with Gasteiger partial charge in [-0.3, -0.25) is 0 Å². The minimum absolute atomic E-state index is 0.162. The van der Waals surface area contributed by atoms with Crippen molar-refractivity contribution in [2.24, 2.45) is 0 Å². The number of allylic oxidation sites excluding steroid dienone is 9. The van der Waals surface area contributed by atoms with Gasteiger partial charge >= 0.3 is 0 Å². The molecular formula is C30H36. The zero-order valence-corrected chi connectivity index (χ0v) is 18.4. The van der Waals surface area contributed by atoms with Crippen LogP contribution in [0.4, 0.5) is 0 Å². The second kappa shape index (κ2) is 8.42. The lowest BCUT2D eigenvalue weighted by Gasteiger charge is -2.37. The number of hydrogen-bond acceptors (Lipinski definition) is 0. The van der Waals surface area contributed by atoms with Gasteiger partial charge in [0, 0.05) is 16.2 Å². The summed E-state index contributed by atoms with van der Waals surface area (Å²) in [5.41, 5.74) is 5.00. The molecule has 0 unspecified atom stereocenters. The molecule has 0 amide bonds. The smallest absolute Gasteiger partial charge is 0.00564 e. The highest BCUT2D eigenvalue weighted by molar-refractivity contribution is 5.46. The van der Waals surface area contributed by atoms with E-state index in [0.29, 0.717) is 0 Å². The topological polar surface area (TPSA) is 0 Å². The fourth-order valence-corrected chi connectivity index (χ4v) is 6.04. The fraction of sp³-hybridized carbons (Fsp3) is 0.400. The minimum atomic E-state index is 0.162. The summed E-state index contributed by atoms with van der Waals surface area (Å²) in [6, 6.07) is 7.63. The molecule has 1 aromatic carbocycles. The standard InChI is InChI=1S/C30H36/c1-4-13-28(16-7-8-17-28)25-22-26(29(14-5-2)18-9-10-19-29)24-27(23-25)30(15-6-3)20-11-12-21-30/h4-12,22-24H,1-3,13-21H2. The van der Waals surface area contributed by atoms with Crippen molar-refractivity contribution in [1.82, 2.24) is 0 Å². The molecule has 0 radical (unpaired) electrons. The summed E-state index contributed by atoms with van der Waals surface area (Å²) in [6.07, 6.45) is 30.3. The maximum absolute atomic E-state index is 4.11. The average Bonchev–Trinajstić information content (AvgIpc) is 3.51. The first-order valence-corrected chi connectivity index (χ1v) is 11.6. The zero-order chi connectivity index (χ0) is 21.1. The van der Waals surface area contributed by atoms with Crippen molar-refractivity contribution < 1.29 is 0 Å². The highest BCUT2D eigenvalue weighted by atomic mass is 14.4. The summed E-state index contributed by atoms with van der Waals surface area (Å²) in [4.78, 5) is 0. The van der Waals surface area contributed by atoms with Crippen LogP contribution < -0.4 is 0 Å². The van der Waals surface area contributed by atoms with Crippen molar-refractivity contribution in [3.8, 4) is 0 Å². The van der Waals surface area contributed by atoms with Crippen molar-refractivity contribution in [3.05, 3.63) is 109 Å². The molecule has 30 heavy (non-hydrogen) atoms. The molecule has 0 heteroatoms.